The van der Waals surface area contributed by atoms with Crippen LogP contribution in [0.2, 0.25) is 0 Å². The minimum atomic E-state index is 0.121. The summed E-state index contributed by atoms with van der Waals surface area (Å²) in [5.41, 5.74) is 5.30. The molecule has 2 aromatic rings. The van der Waals surface area contributed by atoms with Gasteiger partial charge in [0.05, 0.1) is 23.4 Å². The Bertz CT molecular complexity index is 701. The van der Waals surface area contributed by atoms with Gasteiger partial charge < -0.3 is 10.1 Å². The van der Waals surface area contributed by atoms with E-state index in [0.717, 1.165) is 11.4 Å². The second-order valence-corrected chi connectivity index (χ2v) is 5.17. The lowest BCUT2D eigenvalue weighted by Crippen LogP contribution is -2.24. The summed E-state index contributed by atoms with van der Waals surface area (Å²) in [5.74, 6) is 0.809. The summed E-state index contributed by atoms with van der Waals surface area (Å²) in [6.07, 6.45) is 0. The van der Waals surface area contributed by atoms with Crippen molar-refractivity contribution >= 4 is 5.69 Å². The highest BCUT2D eigenvalue weighted by atomic mass is 16.5. The van der Waals surface area contributed by atoms with Crippen molar-refractivity contribution in [2.24, 2.45) is 0 Å². The van der Waals surface area contributed by atoms with Crippen molar-refractivity contribution in [3.05, 3.63) is 58.7 Å². The SMILES string of the molecule is Cc1ccc(C2COc3ccc(C#N)cc3N2)cc1C. The number of hydrogen-bond donors (Lipinski definition) is 1. The fourth-order valence-electron chi connectivity index (χ4n) is 2.40. The van der Waals surface area contributed by atoms with Gasteiger partial charge in [-0.15, -0.1) is 0 Å². The molecule has 1 aliphatic rings. The van der Waals surface area contributed by atoms with Crippen molar-refractivity contribution < 1.29 is 4.74 Å². The Hall–Kier alpha value is -2.47. The van der Waals surface area contributed by atoms with Gasteiger partial charge in [-0.2, -0.15) is 5.26 Å². The molecule has 100 valence electrons. The molecule has 3 heteroatoms. The monoisotopic (exact) mass is 264 g/mol. The molecule has 3 nitrogen and oxygen atoms in total. The van der Waals surface area contributed by atoms with Crippen LogP contribution in [0.5, 0.6) is 5.75 Å². The summed E-state index contributed by atoms with van der Waals surface area (Å²) in [6, 6.07) is 14.2. The van der Waals surface area contributed by atoms with Gasteiger partial charge in [0.2, 0.25) is 0 Å². The van der Waals surface area contributed by atoms with Gasteiger partial charge in [0, 0.05) is 0 Å². The third kappa shape index (κ3) is 2.21. The van der Waals surface area contributed by atoms with Crippen LogP contribution in [0, 0.1) is 25.2 Å². The van der Waals surface area contributed by atoms with Crippen molar-refractivity contribution in [1.29, 1.82) is 5.26 Å². The second-order valence-electron chi connectivity index (χ2n) is 5.17. The van der Waals surface area contributed by atoms with Crippen LogP contribution in [0.15, 0.2) is 36.4 Å². The van der Waals surface area contributed by atoms with Crippen LogP contribution in [-0.4, -0.2) is 6.61 Å². The number of ether oxygens (including phenoxy) is 1. The van der Waals surface area contributed by atoms with E-state index in [1.54, 1.807) is 6.07 Å². The third-order valence-electron chi connectivity index (χ3n) is 3.78. The van der Waals surface area contributed by atoms with Gasteiger partial charge in [-0.1, -0.05) is 18.2 Å². The van der Waals surface area contributed by atoms with Crippen LogP contribution < -0.4 is 10.1 Å². The summed E-state index contributed by atoms with van der Waals surface area (Å²) in [5, 5.41) is 12.4. The van der Waals surface area contributed by atoms with Crippen molar-refractivity contribution in [2.45, 2.75) is 19.9 Å². The number of nitrogens with zero attached hydrogens (tertiary/aromatic N) is 1. The zero-order valence-corrected chi connectivity index (χ0v) is 11.6. The van der Waals surface area contributed by atoms with E-state index in [9.17, 15) is 0 Å². The van der Waals surface area contributed by atoms with Crippen LogP contribution in [0.4, 0.5) is 5.69 Å². The minimum Gasteiger partial charge on any atom is -0.489 e. The van der Waals surface area contributed by atoms with E-state index >= 15 is 0 Å². The molecule has 1 N–H and O–H groups in total. The number of anilines is 1. The highest BCUT2D eigenvalue weighted by molar-refractivity contribution is 5.62. The number of benzene rings is 2. The molecule has 1 atom stereocenters. The average molecular weight is 264 g/mol. The molecular formula is C17H16N2O. The molecule has 1 unspecified atom stereocenters. The fourth-order valence-corrected chi connectivity index (χ4v) is 2.40. The zero-order chi connectivity index (χ0) is 14.1. The Balaban J connectivity index is 1.91. The predicted octanol–water partition coefficient (Wildman–Crippen LogP) is 3.72. The van der Waals surface area contributed by atoms with Crippen LogP contribution >= 0.6 is 0 Å². The smallest absolute Gasteiger partial charge is 0.142 e. The molecule has 3 rings (SSSR count). The Morgan fingerprint density at radius 1 is 1.15 bits per heavy atom. The summed E-state index contributed by atoms with van der Waals surface area (Å²) in [7, 11) is 0. The standard InChI is InChI=1S/C17H16N2O/c1-11-3-5-14(7-12(11)2)16-10-20-17-6-4-13(9-18)8-15(17)19-16/h3-8,16,19H,10H2,1-2H3. The van der Waals surface area contributed by atoms with Crippen LogP contribution in [0.3, 0.4) is 0 Å². The van der Waals surface area contributed by atoms with E-state index < -0.39 is 0 Å². The maximum absolute atomic E-state index is 8.97. The van der Waals surface area contributed by atoms with Gasteiger partial charge in [-0.25, -0.2) is 0 Å². The second kappa shape index (κ2) is 4.90. The lowest BCUT2D eigenvalue weighted by atomic mass is 10.00. The van der Waals surface area contributed by atoms with Crippen LogP contribution in [0.25, 0.3) is 0 Å². The van der Waals surface area contributed by atoms with E-state index in [2.05, 4.69) is 43.4 Å². The Morgan fingerprint density at radius 2 is 2.00 bits per heavy atom. The highest BCUT2D eigenvalue weighted by Crippen LogP contribution is 2.34. The lowest BCUT2D eigenvalue weighted by molar-refractivity contribution is 0.286. The van der Waals surface area contributed by atoms with E-state index in [-0.39, 0.29) is 6.04 Å². The van der Waals surface area contributed by atoms with Gasteiger partial charge in [0.1, 0.15) is 12.4 Å². The first-order valence-electron chi connectivity index (χ1n) is 6.68. The quantitative estimate of drug-likeness (QED) is 0.853. The van der Waals surface area contributed by atoms with Crippen LogP contribution in [-0.2, 0) is 0 Å². The molecule has 0 radical (unpaired) electrons. The molecule has 20 heavy (non-hydrogen) atoms. The molecule has 0 aliphatic carbocycles. The minimum absolute atomic E-state index is 0.121. The normalized spacial score (nSPS) is 16.6. The average Bonchev–Trinajstić information content (AvgIpc) is 2.49. The number of nitrogens with one attached hydrogen (secondary N) is 1. The molecule has 0 bridgehead atoms. The summed E-state index contributed by atoms with van der Waals surface area (Å²) in [6.45, 7) is 4.82. The van der Waals surface area contributed by atoms with E-state index in [1.165, 1.54) is 16.7 Å². The first-order chi connectivity index (χ1) is 9.67. The van der Waals surface area contributed by atoms with Gasteiger partial charge in [0.25, 0.3) is 0 Å². The molecule has 2 aromatic carbocycles. The van der Waals surface area contributed by atoms with E-state index in [4.69, 9.17) is 10.00 Å². The topological polar surface area (TPSA) is 45.0 Å². The summed E-state index contributed by atoms with van der Waals surface area (Å²) < 4.78 is 5.79. The largest absolute Gasteiger partial charge is 0.489 e. The number of aryl methyl sites for hydroxylation is 2. The van der Waals surface area contributed by atoms with E-state index in [0.29, 0.717) is 12.2 Å². The molecule has 0 saturated heterocycles. The molecule has 0 saturated carbocycles. The predicted molar refractivity (Wildman–Crippen MR) is 78.9 cm³/mol. The Labute approximate surface area is 118 Å². The highest BCUT2D eigenvalue weighted by Gasteiger charge is 2.20. The zero-order valence-electron chi connectivity index (χ0n) is 11.6. The van der Waals surface area contributed by atoms with Crippen molar-refractivity contribution in [2.75, 3.05) is 11.9 Å². The molecule has 1 aliphatic heterocycles. The summed E-state index contributed by atoms with van der Waals surface area (Å²) >= 11 is 0. The molecule has 0 spiro atoms. The molecule has 0 amide bonds. The number of nitriles is 1. The number of hydrogen-bond acceptors (Lipinski definition) is 3. The van der Waals surface area contributed by atoms with Gasteiger partial charge in [-0.05, 0) is 48.7 Å². The third-order valence-corrected chi connectivity index (χ3v) is 3.78. The summed E-state index contributed by atoms with van der Waals surface area (Å²) in [4.78, 5) is 0. The molecule has 1 heterocycles. The maximum Gasteiger partial charge on any atom is 0.142 e. The lowest BCUT2D eigenvalue weighted by Gasteiger charge is -2.28. The first kappa shape index (κ1) is 12.6. The van der Waals surface area contributed by atoms with E-state index in [1.807, 2.05) is 12.1 Å². The first-order valence-corrected chi connectivity index (χ1v) is 6.68. The Kier molecular flexibility index (Phi) is 3.08. The number of rotatable bonds is 1. The van der Waals surface area contributed by atoms with Gasteiger partial charge in [0.15, 0.2) is 0 Å². The maximum atomic E-state index is 8.97. The molecule has 0 fully saturated rings. The fraction of sp³-hybridized carbons (Fsp3) is 0.235. The van der Waals surface area contributed by atoms with Gasteiger partial charge >= 0.3 is 0 Å². The molecule has 0 aromatic heterocycles. The van der Waals surface area contributed by atoms with Crippen LogP contribution in [0.1, 0.15) is 28.3 Å². The van der Waals surface area contributed by atoms with Crippen molar-refractivity contribution in [1.82, 2.24) is 0 Å². The Morgan fingerprint density at radius 3 is 2.75 bits per heavy atom. The van der Waals surface area contributed by atoms with Gasteiger partial charge in [-0.3, -0.25) is 0 Å². The molecular weight excluding hydrogens is 248 g/mol. The van der Waals surface area contributed by atoms with Crippen molar-refractivity contribution in [3.8, 4) is 11.8 Å². The van der Waals surface area contributed by atoms with Crippen molar-refractivity contribution in [3.63, 3.8) is 0 Å². The number of fused-ring (bicyclic) bond motifs is 1.